The van der Waals surface area contributed by atoms with Crippen LogP contribution < -0.4 is 10.6 Å². The SMILES string of the molecule is CCCSc1nc2n(n1)C(c1sccc1C)C(C(=O)Nc1ccccc1)=C(C)N2. The average molecular weight is 426 g/mol. The minimum atomic E-state index is -0.307. The maximum absolute atomic E-state index is 13.3. The molecule has 1 amide bonds. The van der Waals surface area contributed by atoms with Crippen LogP contribution in [0.2, 0.25) is 0 Å². The molecule has 3 aromatic rings. The normalized spacial score (nSPS) is 15.8. The number of aryl methyl sites for hydroxylation is 1. The lowest BCUT2D eigenvalue weighted by Gasteiger charge is -2.28. The highest BCUT2D eigenvalue weighted by Crippen LogP contribution is 2.40. The summed E-state index contributed by atoms with van der Waals surface area (Å²) in [6, 6.07) is 11.3. The van der Waals surface area contributed by atoms with Gasteiger partial charge in [-0.15, -0.1) is 16.4 Å². The molecule has 1 atom stereocenters. The second kappa shape index (κ2) is 8.42. The Morgan fingerprint density at radius 3 is 2.76 bits per heavy atom. The molecule has 0 fully saturated rings. The van der Waals surface area contributed by atoms with Crippen molar-refractivity contribution in [3.8, 4) is 0 Å². The second-order valence-corrected chi connectivity index (χ2v) is 8.88. The third kappa shape index (κ3) is 3.95. The molecule has 1 aromatic carbocycles. The summed E-state index contributed by atoms with van der Waals surface area (Å²) in [5.41, 5.74) is 3.36. The second-order valence-electron chi connectivity index (χ2n) is 6.87. The number of thioether (sulfide) groups is 1. The summed E-state index contributed by atoms with van der Waals surface area (Å²) in [6.07, 6.45) is 1.05. The molecule has 4 rings (SSSR count). The van der Waals surface area contributed by atoms with E-state index in [2.05, 4.69) is 40.9 Å². The molecule has 1 aliphatic heterocycles. The van der Waals surface area contributed by atoms with E-state index < -0.39 is 0 Å². The maximum atomic E-state index is 13.3. The first-order valence-electron chi connectivity index (χ1n) is 9.56. The van der Waals surface area contributed by atoms with Gasteiger partial charge in [0.2, 0.25) is 11.1 Å². The molecule has 8 heteroatoms. The van der Waals surface area contributed by atoms with E-state index >= 15 is 0 Å². The van der Waals surface area contributed by atoms with E-state index in [1.807, 2.05) is 41.9 Å². The van der Waals surface area contributed by atoms with Gasteiger partial charge in [-0.1, -0.05) is 36.9 Å². The Hall–Kier alpha value is -2.58. The molecular formula is C21H23N5OS2. The number of carbonyl (C=O) groups excluding carboxylic acids is 1. The predicted molar refractivity (Wildman–Crippen MR) is 120 cm³/mol. The van der Waals surface area contributed by atoms with E-state index in [1.54, 1.807) is 23.1 Å². The standard InChI is InChI=1S/C21H23N5OS2/c1-4-11-29-21-24-20-22-14(3)16(19(27)23-15-8-6-5-7-9-15)17(26(20)25-21)18-13(2)10-12-28-18/h5-10,12,17H,4,11H2,1-3H3,(H,23,27)(H,22,24,25). The smallest absolute Gasteiger partial charge is 0.255 e. The topological polar surface area (TPSA) is 71.8 Å². The number of amides is 1. The molecule has 1 unspecified atom stereocenters. The van der Waals surface area contributed by atoms with E-state index in [-0.39, 0.29) is 11.9 Å². The maximum Gasteiger partial charge on any atom is 0.255 e. The Balaban J connectivity index is 1.75. The van der Waals surface area contributed by atoms with Crippen molar-refractivity contribution in [2.75, 3.05) is 16.4 Å². The van der Waals surface area contributed by atoms with E-state index in [0.717, 1.165) is 39.2 Å². The third-order valence-electron chi connectivity index (χ3n) is 4.69. The summed E-state index contributed by atoms with van der Waals surface area (Å²) in [5, 5.41) is 13.8. The highest BCUT2D eigenvalue weighted by atomic mass is 32.2. The lowest BCUT2D eigenvalue weighted by molar-refractivity contribution is -0.113. The third-order valence-corrected chi connectivity index (χ3v) is 6.81. The van der Waals surface area contributed by atoms with E-state index in [4.69, 9.17) is 5.10 Å². The van der Waals surface area contributed by atoms with Gasteiger partial charge in [-0.3, -0.25) is 4.79 Å². The van der Waals surface area contributed by atoms with Crippen molar-refractivity contribution in [3.63, 3.8) is 0 Å². The van der Waals surface area contributed by atoms with Gasteiger partial charge in [0.1, 0.15) is 6.04 Å². The summed E-state index contributed by atoms with van der Waals surface area (Å²) in [7, 11) is 0. The van der Waals surface area contributed by atoms with E-state index in [0.29, 0.717) is 11.5 Å². The Morgan fingerprint density at radius 2 is 2.07 bits per heavy atom. The number of para-hydroxylation sites is 1. The molecule has 0 aliphatic carbocycles. The number of fused-ring (bicyclic) bond motifs is 1. The van der Waals surface area contributed by atoms with Crippen LogP contribution in [0.4, 0.5) is 11.6 Å². The molecule has 0 spiro atoms. The van der Waals surface area contributed by atoms with E-state index in [9.17, 15) is 4.79 Å². The van der Waals surface area contributed by atoms with Crippen LogP contribution in [0.25, 0.3) is 0 Å². The molecule has 0 saturated heterocycles. The van der Waals surface area contributed by atoms with Crippen LogP contribution in [0.15, 0.2) is 58.2 Å². The van der Waals surface area contributed by atoms with Crippen molar-refractivity contribution in [2.45, 2.75) is 38.4 Å². The zero-order valence-electron chi connectivity index (χ0n) is 16.6. The van der Waals surface area contributed by atoms with Crippen LogP contribution in [-0.2, 0) is 4.79 Å². The minimum Gasteiger partial charge on any atom is -0.328 e. The first-order valence-corrected chi connectivity index (χ1v) is 11.4. The molecule has 150 valence electrons. The fraction of sp³-hybridized carbons (Fsp3) is 0.286. The number of hydrogen-bond acceptors (Lipinski definition) is 6. The molecule has 0 bridgehead atoms. The van der Waals surface area contributed by atoms with Crippen molar-refractivity contribution in [1.29, 1.82) is 0 Å². The zero-order valence-corrected chi connectivity index (χ0v) is 18.2. The Labute approximate surface area is 178 Å². The van der Waals surface area contributed by atoms with Crippen LogP contribution in [0, 0.1) is 6.92 Å². The summed E-state index contributed by atoms with van der Waals surface area (Å²) >= 11 is 3.27. The first kappa shape index (κ1) is 19.7. The number of aromatic nitrogens is 3. The van der Waals surface area contributed by atoms with Crippen LogP contribution in [0.1, 0.15) is 36.8 Å². The lowest BCUT2D eigenvalue weighted by atomic mass is 9.99. The number of allylic oxidation sites excluding steroid dienone is 1. The largest absolute Gasteiger partial charge is 0.328 e. The van der Waals surface area contributed by atoms with Gasteiger partial charge >= 0.3 is 0 Å². The Bertz CT molecular complexity index is 1050. The Kier molecular flexibility index (Phi) is 5.73. The number of carbonyl (C=O) groups is 1. The van der Waals surface area contributed by atoms with Gasteiger partial charge in [-0.2, -0.15) is 4.98 Å². The fourth-order valence-corrected chi connectivity index (χ4v) is 5.01. The molecule has 6 nitrogen and oxygen atoms in total. The molecule has 0 saturated carbocycles. The molecule has 29 heavy (non-hydrogen) atoms. The average Bonchev–Trinajstić information content (AvgIpc) is 3.31. The summed E-state index contributed by atoms with van der Waals surface area (Å²) in [5.74, 6) is 1.50. The van der Waals surface area contributed by atoms with Crippen LogP contribution in [-0.4, -0.2) is 26.4 Å². The number of nitrogens with zero attached hydrogens (tertiary/aromatic N) is 3. The zero-order chi connectivity index (χ0) is 20.4. The highest BCUT2D eigenvalue weighted by Gasteiger charge is 2.35. The predicted octanol–water partition coefficient (Wildman–Crippen LogP) is 5.08. The lowest BCUT2D eigenvalue weighted by Crippen LogP contribution is -2.31. The summed E-state index contributed by atoms with van der Waals surface area (Å²) in [6.45, 7) is 6.13. The Morgan fingerprint density at radius 1 is 1.28 bits per heavy atom. The molecule has 3 heterocycles. The minimum absolute atomic E-state index is 0.136. The van der Waals surface area contributed by atoms with Crippen molar-refractivity contribution in [3.05, 3.63) is 63.5 Å². The van der Waals surface area contributed by atoms with Gasteiger partial charge in [-0.05, 0) is 49.4 Å². The van der Waals surface area contributed by atoms with Gasteiger partial charge < -0.3 is 10.6 Å². The van der Waals surface area contributed by atoms with Gasteiger partial charge in [0.15, 0.2) is 0 Å². The van der Waals surface area contributed by atoms with Crippen molar-refractivity contribution in [1.82, 2.24) is 14.8 Å². The van der Waals surface area contributed by atoms with Crippen molar-refractivity contribution in [2.24, 2.45) is 0 Å². The number of hydrogen-bond donors (Lipinski definition) is 2. The highest BCUT2D eigenvalue weighted by molar-refractivity contribution is 7.99. The van der Waals surface area contributed by atoms with Gasteiger partial charge in [0, 0.05) is 22.0 Å². The number of thiophene rings is 1. The fourth-order valence-electron chi connectivity index (χ4n) is 3.31. The molecule has 1 aliphatic rings. The quantitative estimate of drug-likeness (QED) is 0.539. The van der Waals surface area contributed by atoms with Crippen LogP contribution in [0.5, 0.6) is 0 Å². The van der Waals surface area contributed by atoms with Gasteiger partial charge in [0.25, 0.3) is 5.91 Å². The first-order chi connectivity index (χ1) is 14.1. The van der Waals surface area contributed by atoms with Crippen LogP contribution >= 0.6 is 23.1 Å². The summed E-state index contributed by atoms with van der Waals surface area (Å²) in [4.78, 5) is 19.1. The molecule has 2 N–H and O–H groups in total. The van der Waals surface area contributed by atoms with Crippen molar-refractivity contribution >= 4 is 40.6 Å². The van der Waals surface area contributed by atoms with E-state index in [1.165, 1.54) is 0 Å². The number of rotatable bonds is 6. The van der Waals surface area contributed by atoms with Gasteiger partial charge in [0.05, 0.1) is 5.57 Å². The molecular weight excluding hydrogens is 402 g/mol. The monoisotopic (exact) mass is 425 g/mol. The van der Waals surface area contributed by atoms with Crippen LogP contribution in [0.3, 0.4) is 0 Å². The molecule has 0 radical (unpaired) electrons. The summed E-state index contributed by atoms with van der Waals surface area (Å²) < 4.78 is 1.85. The number of nitrogens with one attached hydrogen (secondary N) is 2. The molecule has 2 aromatic heterocycles. The number of anilines is 2. The van der Waals surface area contributed by atoms with Crippen molar-refractivity contribution < 1.29 is 4.79 Å². The van der Waals surface area contributed by atoms with Gasteiger partial charge in [-0.25, -0.2) is 4.68 Å². The number of benzene rings is 1.